The number of hydrogen-bond donors (Lipinski definition) is 0. The molecule has 0 heteroatoms. The van der Waals surface area contributed by atoms with Gasteiger partial charge in [0.25, 0.3) is 0 Å². The third-order valence-corrected chi connectivity index (χ3v) is 2.60. The first-order chi connectivity index (χ1) is 2.81. The van der Waals surface area contributed by atoms with Gasteiger partial charge in [-0.1, -0.05) is 6.92 Å². The van der Waals surface area contributed by atoms with Crippen molar-refractivity contribution in [2.24, 2.45) is 11.3 Å². The Morgan fingerprint density at radius 3 is 2.33 bits per heavy atom. The fraction of sp³-hybridized carbons (Fsp3) is 1.00. The van der Waals surface area contributed by atoms with E-state index in [2.05, 4.69) is 6.92 Å². The first-order valence-corrected chi connectivity index (χ1v) is 2.81. The maximum Gasteiger partial charge on any atom is -0.0294 e. The molecule has 0 aliphatic heterocycles. The fourth-order valence-corrected chi connectivity index (χ4v) is 1.55. The Balaban J connectivity index is 2.22. The van der Waals surface area contributed by atoms with Crippen LogP contribution in [-0.2, 0) is 0 Å². The average Bonchev–Trinajstić information content (AvgIpc) is 1.88. The van der Waals surface area contributed by atoms with E-state index < -0.39 is 0 Å². The van der Waals surface area contributed by atoms with Crippen molar-refractivity contribution in [1.29, 1.82) is 0 Å². The fourth-order valence-electron chi connectivity index (χ4n) is 1.55. The van der Waals surface area contributed by atoms with Gasteiger partial charge in [-0.05, 0) is 30.6 Å². The van der Waals surface area contributed by atoms with Gasteiger partial charge in [0.15, 0.2) is 0 Å². The van der Waals surface area contributed by atoms with Gasteiger partial charge in [-0.3, -0.25) is 0 Å². The third-order valence-electron chi connectivity index (χ3n) is 2.60. The Morgan fingerprint density at radius 2 is 2.33 bits per heavy atom. The summed E-state index contributed by atoms with van der Waals surface area (Å²) in [5.74, 6) is 1.18. The number of hydrogen-bond acceptors (Lipinski definition) is 0. The van der Waals surface area contributed by atoms with Crippen molar-refractivity contribution in [3.63, 3.8) is 0 Å². The zero-order valence-electron chi connectivity index (χ0n) is 4.20. The van der Waals surface area contributed by atoms with Gasteiger partial charge in [-0.25, -0.2) is 0 Å². The van der Waals surface area contributed by atoms with Crippen LogP contribution in [0, 0.1) is 11.3 Å². The van der Waals surface area contributed by atoms with Gasteiger partial charge in [-0.15, -0.1) is 0 Å². The standard InChI is InChI=1S/C6H10/c1-6-3-2-5(6)4-6/h5H,2-4H2,1H3/t5-,6+/m1/s1. The summed E-state index contributed by atoms with van der Waals surface area (Å²) in [5.41, 5.74) is 0.889. The quantitative estimate of drug-likeness (QED) is 0.418. The van der Waals surface area contributed by atoms with Crippen LogP contribution in [0.4, 0.5) is 0 Å². The Labute approximate surface area is 38.6 Å². The molecule has 0 nitrogen and oxygen atoms in total. The maximum absolute atomic E-state index is 2.40. The highest BCUT2D eigenvalue weighted by molar-refractivity contribution is 5.06. The van der Waals surface area contributed by atoms with Crippen LogP contribution in [0.15, 0.2) is 0 Å². The van der Waals surface area contributed by atoms with Gasteiger partial charge in [0.05, 0.1) is 0 Å². The van der Waals surface area contributed by atoms with Crippen LogP contribution in [-0.4, -0.2) is 0 Å². The normalized spacial score (nSPS) is 62.5. The van der Waals surface area contributed by atoms with Crippen molar-refractivity contribution in [3.05, 3.63) is 0 Å². The van der Waals surface area contributed by atoms with Crippen LogP contribution in [0.1, 0.15) is 26.2 Å². The largest absolute Gasteiger partial charge is 0.0594 e. The molecular formula is C6H10. The molecule has 0 radical (unpaired) electrons. The summed E-state index contributed by atoms with van der Waals surface area (Å²) in [7, 11) is 0. The molecule has 2 saturated carbocycles. The van der Waals surface area contributed by atoms with Crippen molar-refractivity contribution in [3.8, 4) is 0 Å². The summed E-state index contributed by atoms with van der Waals surface area (Å²) in [6, 6.07) is 0. The molecule has 0 spiro atoms. The molecule has 2 fully saturated rings. The molecule has 2 atom stereocenters. The number of fused-ring (bicyclic) bond motifs is 1. The second-order valence-electron chi connectivity index (χ2n) is 3.09. The van der Waals surface area contributed by atoms with Crippen LogP contribution in [0.2, 0.25) is 0 Å². The summed E-state index contributed by atoms with van der Waals surface area (Å²) in [4.78, 5) is 0. The first-order valence-electron chi connectivity index (χ1n) is 2.81. The van der Waals surface area contributed by atoms with Crippen molar-refractivity contribution >= 4 is 0 Å². The predicted octanol–water partition coefficient (Wildman–Crippen LogP) is 1.81. The molecule has 34 valence electrons. The molecule has 2 rings (SSSR count). The minimum Gasteiger partial charge on any atom is -0.0594 e. The van der Waals surface area contributed by atoms with E-state index in [1.807, 2.05) is 0 Å². The molecule has 6 heavy (non-hydrogen) atoms. The van der Waals surface area contributed by atoms with Gasteiger partial charge in [0.2, 0.25) is 0 Å². The monoisotopic (exact) mass is 82.1 g/mol. The molecule has 0 N–H and O–H groups in total. The van der Waals surface area contributed by atoms with Crippen molar-refractivity contribution in [1.82, 2.24) is 0 Å². The number of rotatable bonds is 0. The highest BCUT2D eigenvalue weighted by Crippen LogP contribution is 2.67. The van der Waals surface area contributed by atoms with Crippen LogP contribution in [0.25, 0.3) is 0 Å². The molecule has 0 unspecified atom stereocenters. The lowest BCUT2D eigenvalue weighted by atomic mass is 9.87. The summed E-state index contributed by atoms with van der Waals surface area (Å²) in [6.07, 6.45) is 4.61. The SMILES string of the molecule is C[C@@]12CC[C@@H]1C2. The third kappa shape index (κ3) is 0.160. The van der Waals surface area contributed by atoms with E-state index in [4.69, 9.17) is 0 Å². The van der Waals surface area contributed by atoms with E-state index in [0.717, 1.165) is 5.41 Å². The van der Waals surface area contributed by atoms with Gasteiger partial charge < -0.3 is 0 Å². The molecule has 2 aliphatic carbocycles. The van der Waals surface area contributed by atoms with Gasteiger partial charge in [-0.2, -0.15) is 0 Å². The summed E-state index contributed by atoms with van der Waals surface area (Å²) in [5, 5.41) is 0. The highest BCUT2D eigenvalue weighted by Gasteiger charge is 2.56. The summed E-state index contributed by atoms with van der Waals surface area (Å²) < 4.78 is 0. The Kier molecular flexibility index (Phi) is 0.283. The zero-order valence-corrected chi connectivity index (χ0v) is 4.20. The van der Waals surface area contributed by atoms with Crippen molar-refractivity contribution in [2.45, 2.75) is 26.2 Å². The average molecular weight is 82.1 g/mol. The molecule has 0 heterocycles. The van der Waals surface area contributed by atoms with Gasteiger partial charge in [0, 0.05) is 0 Å². The minimum atomic E-state index is 0.889. The minimum absolute atomic E-state index is 0.889. The molecular weight excluding hydrogens is 72.1 g/mol. The van der Waals surface area contributed by atoms with E-state index in [1.165, 1.54) is 18.8 Å². The lowest BCUT2D eigenvalue weighted by Crippen LogP contribution is -2.07. The topological polar surface area (TPSA) is 0 Å². The van der Waals surface area contributed by atoms with Crippen LogP contribution in [0.3, 0.4) is 0 Å². The van der Waals surface area contributed by atoms with Gasteiger partial charge in [0.1, 0.15) is 0 Å². The Hall–Kier alpha value is 0. The van der Waals surface area contributed by atoms with Crippen molar-refractivity contribution < 1.29 is 0 Å². The van der Waals surface area contributed by atoms with E-state index in [1.54, 1.807) is 6.42 Å². The maximum atomic E-state index is 2.40. The Morgan fingerprint density at radius 1 is 1.67 bits per heavy atom. The van der Waals surface area contributed by atoms with Crippen molar-refractivity contribution in [2.75, 3.05) is 0 Å². The molecule has 0 amide bonds. The molecule has 2 aliphatic rings. The smallest absolute Gasteiger partial charge is 0.0294 e. The molecule has 0 bridgehead atoms. The first kappa shape index (κ1) is 3.06. The lowest BCUT2D eigenvalue weighted by molar-refractivity contribution is 0.325. The van der Waals surface area contributed by atoms with Crippen LogP contribution < -0.4 is 0 Å². The molecule has 0 aromatic rings. The summed E-state index contributed by atoms with van der Waals surface area (Å²) in [6.45, 7) is 2.40. The van der Waals surface area contributed by atoms with E-state index >= 15 is 0 Å². The lowest BCUT2D eigenvalue weighted by Gasteiger charge is -2.18. The highest BCUT2D eigenvalue weighted by atomic mass is 14.6. The second-order valence-corrected chi connectivity index (χ2v) is 3.09. The van der Waals surface area contributed by atoms with Crippen LogP contribution >= 0.6 is 0 Å². The van der Waals surface area contributed by atoms with E-state index in [0.29, 0.717) is 0 Å². The van der Waals surface area contributed by atoms with E-state index in [9.17, 15) is 0 Å². The predicted molar refractivity (Wildman–Crippen MR) is 25.4 cm³/mol. The summed E-state index contributed by atoms with van der Waals surface area (Å²) >= 11 is 0. The van der Waals surface area contributed by atoms with Crippen LogP contribution in [0.5, 0.6) is 0 Å². The zero-order chi connectivity index (χ0) is 4.20. The molecule has 0 aromatic carbocycles. The Bertz CT molecular complexity index is 82.0. The van der Waals surface area contributed by atoms with Gasteiger partial charge >= 0.3 is 0 Å². The molecule has 0 saturated heterocycles. The second kappa shape index (κ2) is 0.556. The van der Waals surface area contributed by atoms with E-state index in [-0.39, 0.29) is 0 Å². The molecule has 0 aromatic heterocycles.